The minimum absolute atomic E-state index is 0.335. The van der Waals surface area contributed by atoms with Crippen molar-refractivity contribution >= 4 is 17.1 Å². The number of anilines is 3. The van der Waals surface area contributed by atoms with Crippen LogP contribution in [0.3, 0.4) is 0 Å². The second-order valence-corrected chi connectivity index (χ2v) is 4.62. The molecule has 0 radical (unpaired) electrons. The molecule has 0 bridgehead atoms. The summed E-state index contributed by atoms with van der Waals surface area (Å²) < 4.78 is 0. The molecule has 0 fully saturated rings. The van der Waals surface area contributed by atoms with Crippen LogP contribution in [0, 0.1) is 0 Å². The summed E-state index contributed by atoms with van der Waals surface area (Å²) in [6.07, 6.45) is 1.05. The van der Waals surface area contributed by atoms with Gasteiger partial charge < -0.3 is 16.4 Å². The molecule has 2 aromatic carbocycles. The Balaban J connectivity index is 1.89. The van der Waals surface area contributed by atoms with Crippen molar-refractivity contribution in [2.24, 2.45) is 0 Å². The molecule has 1 atom stereocenters. The van der Waals surface area contributed by atoms with Gasteiger partial charge in [-0.2, -0.15) is 0 Å². The molecule has 18 heavy (non-hydrogen) atoms. The maximum absolute atomic E-state index is 5.73. The predicted molar refractivity (Wildman–Crippen MR) is 76.8 cm³/mol. The lowest BCUT2D eigenvalue weighted by Gasteiger charge is -2.18. The van der Waals surface area contributed by atoms with Crippen molar-refractivity contribution in [1.29, 1.82) is 0 Å². The highest BCUT2D eigenvalue weighted by Crippen LogP contribution is 2.31. The van der Waals surface area contributed by atoms with Gasteiger partial charge in [-0.1, -0.05) is 24.3 Å². The summed E-state index contributed by atoms with van der Waals surface area (Å²) in [6, 6.07) is 16.8. The van der Waals surface area contributed by atoms with E-state index in [1.165, 1.54) is 11.3 Å². The lowest BCUT2D eigenvalue weighted by Crippen LogP contribution is -2.11. The summed E-state index contributed by atoms with van der Waals surface area (Å²) in [7, 11) is 0. The van der Waals surface area contributed by atoms with Gasteiger partial charge in [-0.25, -0.2) is 0 Å². The van der Waals surface area contributed by atoms with Crippen molar-refractivity contribution < 1.29 is 0 Å². The number of benzene rings is 2. The molecule has 92 valence electrons. The molecule has 0 saturated carbocycles. The topological polar surface area (TPSA) is 50.1 Å². The van der Waals surface area contributed by atoms with Crippen LogP contribution in [0.25, 0.3) is 0 Å². The van der Waals surface area contributed by atoms with Crippen molar-refractivity contribution in [2.45, 2.75) is 12.5 Å². The summed E-state index contributed by atoms with van der Waals surface area (Å²) in [5.74, 6) is 0. The Labute approximate surface area is 107 Å². The molecular weight excluding hydrogens is 222 g/mol. The van der Waals surface area contributed by atoms with Crippen molar-refractivity contribution in [3.05, 3.63) is 54.1 Å². The maximum Gasteiger partial charge on any atom is 0.0580 e. The highest BCUT2D eigenvalue weighted by Gasteiger charge is 2.16. The molecular formula is C15H17N3. The first-order valence-corrected chi connectivity index (χ1v) is 6.28. The van der Waals surface area contributed by atoms with Gasteiger partial charge in [0.2, 0.25) is 0 Å². The monoisotopic (exact) mass is 239 g/mol. The lowest BCUT2D eigenvalue weighted by molar-refractivity contribution is 0.732. The molecule has 0 aromatic heterocycles. The van der Waals surface area contributed by atoms with Crippen LogP contribution in [-0.4, -0.2) is 6.54 Å². The second-order valence-electron chi connectivity index (χ2n) is 4.62. The van der Waals surface area contributed by atoms with E-state index < -0.39 is 0 Å². The largest absolute Gasteiger partial charge is 0.399 e. The van der Waals surface area contributed by atoms with E-state index in [0.717, 1.165) is 24.3 Å². The molecule has 1 aliphatic rings. The van der Waals surface area contributed by atoms with Gasteiger partial charge in [-0.15, -0.1) is 0 Å². The van der Waals surface area contributed by atoms with Gasteiger partial charge in [0.15, 0.2) is 0 Å². The maximum atomic E-state index is 5.73. The predicted octanol–water partition coefficient (Wildman–Crippen LogP) is 3.24. The molecule has 0 aliphatic carbocycles. The number of hydrogen-bond donors (Lipinski definition) is 3. The Morgan fingerprint density at radius 1 is 0.944 bits per heavy atom. The van der Waals surface area contributed by atoms with Crippen LogP contribution < -0.4 is 16.4 Å². The van der Waals surface area contributed by atoms with Gasteiger partial charge in [-0.3, -0.25) is 0 Å². The first-order valence-electron chi connectivity index (χ1n) is 6.28. The van der Waals surface area contributed by atoms with Crippen molar-refractivity contribution in [2.75, 3.05) is 22.9 Å². The molecule has 0 spiro atoms. The molecule has 1 aliphatic heterocycles. The van der Waals surface area contributed by atoms with Crippen LogP contribution in [-0.2, 0) is 0 Å². The molecule has 3 rings (SSSR count). The van der Waals surface area contributed by atoms with E-state index in [-0.39, 0.29) is 0 Å². The molecule has 4 N–H and O–H groups in total. The number of rotatable bonds is 1. The normalized spacial score (nSPS) is 18.1. The summed E-state index contributed by atoms with van der Waals surface area (Å²) in [5, 5.41) is 7.04. The van der Waals surface area contributed by atoms with Crippen molar-refractivity contribution in [3.8, 4) is 0 Å². The van der Waals surface area contributed by atoms with E-state index in [9.17, 15) is 0 Å². The third-order valence-corrected chi connectivity index (χ3v) is 3.34. The van der Waals surface area contributed by atoms with Crippen molar-refractivity contribution in [1.82, 2.24) is 0 Å². The number of hydrogen-bond acceptors (Lipinski definition) is 3. The molecule has 3 heteroatoms. The summed E-state index contributed by atoms with van der Waals surface area (Å²) >= 11 is 0. The second kappa shape index (κ2) is 4.61. The first-order chi connectivity index (χ1) is 8.83. The highest BCUT2D eigenvalue weighted by atomic mass is 15.0. The molecule has 3 nitrogen and oxygen atoms in total. The highest BCUT2D eigenvalue weighted by molar-refractivity contribution is 5.70. The summed E-state index contributed by atoms with van der Waals surface area (Å²) in [6.45, 7) is 0.971. The van der Waals surface area contributed by atoms with E-state index in [4.69, 9.17) is 5.73 Å². The van der Waals surface area contributed by atoms with Gasteiger partial charge >= 0.3 is 0 Å². The standard InChI is InChI=1S/C15H17N3/c16-12-7-5-11(6-8-12)13-9-10-17-14-3-1-2-4-15(14)18-13/h1-8,13,17-18H,9-10,16H2/t13-/m0/s1. The molecule has 0 unspecified atom stereocenters. The van der Waals surface area contributed by atoms with Crippen LogP contribution in [0.15, 0.2) is 48.5 Å². The number of nitrogens with two attached hydrogens (primary N) is 1. The Kier molecular flexibility index (Phi) is 2.81. The lowest BCUT2D eigenvalue weighted by atomic mass is 10.0. The summed E-state index contributed by atoms with van der Waals surface area (Å²) in [5.41, 5.74) is 10.2. The molecule has 0 saturated heterocycles. The third kappa shape index (κ3) is 2.12. The Morgan fingerprint density at radius 2 is 1.67 bits per heavy atom. The van der Waals surface area contributed by atoms with Crippen LogP contribution >= 0.6 is 0 Å². The van der Waals surface area contributed by atoms with E-state index >= 15 is 0 Å². The van der Waals surface area contributed by atoms with Gasteiger partial charge in [0.25, 0.3) is 0 Å². The number of nitrogen functional groups attached to an aromatic ring is 1. The zero-order valence-electron chi connectivity index (χ0n) is 10.2. The smallest absolute Gasteiger partial charge is 0.0580 e. The molecule has 1 heterocycles. The van der Waals surface area contributed by atoms with Crippen molar-refractivity contribution in [3.63, 3.8) is 0 Å². The number of nitrogens with one attached hydrogen (secondary N) is 2. The first kappa shape index (κ1) is 11.0. The SMILES string of the molecule is Nc1ccc([C@@H]2CCNc3ccccc3N2)cc1. The quantitative estimate of drug-likeness (QED) is 0.670. The fourth-order valence-corrected chi connectivity index (χ4v) is 2.35. The Hall–Kier alpha value is -2.16. The van der Waals surface area contributed by atoms with Crippen LogP contribution in [0.2, 0.25) is 0 Å². The van der Waals surface area contributed by atoms with Crippen LogP contribution in [0.1, 0.15) is 18.0 Å². The fraction of sp³-hybridized carbons (Fsp3) is 0.200. The van der Waals surface area contributed by atoms with Gasteiger partial charge in [-0.05, 0) is 36.2 Å². The van der Waals surface area contributed by atoms with E-state index in [1.54, 1.807) is 0 Å². The third-order valence-electron chi connectivity index (χ3n) is 3.34. The van der Waals surface area contributed by atoms with Gasteiger partial charge in [0.05, 0.1) is 17.4 Å². The average molecular weight is 239 g/mol. The zero-order valence-corrected chi connectivity index (χ0v) is 10.2. The zero-order chi connectivity index (χ0) is 12.4. The number of fused-ring (bicyclic) bond motifs is 1. The van der Waals surface area contributed by atoms with E-state index in [2.05, 4.69) is 47.0 Å². The minimum Gasteiger partial charge on any atom is -0.399 e. The average Bonchev–Trinajstić information content (AvgIpc) is 2.61. The molecule has 0 amide bonds. The minimum atomic E-state index is 0.335. The van der Waals surface area contributed by atoms with Gasteiger partial charge in [0.1, 0.15) is 0 Å². The van der Waals surface area contributed by atoms with E-state index in [0.29, 0.717) is 6.04 Å². The van der Waals surface area contributed by atoms with Crippen LogP contribution in [0.5, 0.6) is 0 Å². The number of para-hydroxylation sites is 2. The summed E-state index contributed by atoms with van der Waals surface area (Å²) in [4.78, 5) is 0. The van der Waals surface area contributed by atoms with E-state index in [1.807, 2.05) is 12.1 Å². The Bertz CT molecular complexity index is 534. The molecule has 2 aromatic rings. The fourth-order valence-electron chi connectivity index (χ4n) is 2.35. The van der Waals surface area contributed by atoms with Gasteiger partial charge in [0, 0.05) is 12.2 Å². The van der Waals surface area contributed by atoms with Crippen LogP contribution in [0.4, 0.5) is 17.1 Å². The Morgan fingerprint density at radius 3 is 2.44 bits per heavy atom.